The highest BCUT2D eigenvalue weighted by Crippen LogP contribution is 2.59. The Morgan fingerprint density at radius 3 is 2.46 bits per heavy atom. The van der Waals surface area contributed by atoms with Gasteiger partial charge >= 0.3 is 0 Å². The average Bonchev–Trinajstić information content (AvgIpc) is 2.52. The van der Waals surface area contributed by atoms with Crippen molar-refractivity contribution in [3.05, 3.63) is 0 Å². The lowest BCUT2D eigenvalue weighted by Crippen LogP contribution is -2.18. The van der Waals surface area contributed by atoms with E-state index in [-0.39, 0.29) is 23.0 Å². The summed E-state index contributed by atoms with van der Waals surface area (Å²) in [6, 6.07) is 0. The zero-order chi connectivity index (χ0) is 10.2. The molecule has 1 N–H and O–H groups in total. The molecule has 1 aliphatic carbocycles. The lowest BCUT2D eigenvalue weighted by atomic mass is 10.0. The number of ketones is 1. The number of hydrogen-bond donors (Lipinski definition) is 1. The van der Waals surface area contributed by atoms with Gasteiger partial charge in [0, 0.05) is 5.92 Å². The van der Waals surface area contributed by atoms with Crippen molar-refractivity contribution in [2.45, 2.75) is 33.3 Å². The van der Waals surface area contributed by atoms with Crippen molar-refractivity contribution in [1.82, 2.24) is 0 Å². The quantitative estimate of drug-likeness (QED) is 0.657. The van der Waals surface area contributed by atoms with Gasteiger partial charge in [-0.25, -0.2) is 0 Å². The van der Waals surface area contributed by atoms with E-state index in [0.717, 1.165) is 6.29 Å². The molecule has 3 nitrogen and oxygen atoms in total. The van der Waals surface area contributed by atoms with Crippen molar-refractivity contribution in [3.8, 4) is 0 Å². The zero-order valence-corrected chi connectivity index (χ0v) is 8.28. The fourth-order valence-electron chi connectivity index (χ4n) is 1.91. The Morgan fingerprint density at radius 1 is 1.62 bits per heavy atom. The molecule has 0 aliphatic heterocycles. The fraction of sp³-hybridized carbons (Fsp3) is 0.800. The molecule has 3 atom stereocenters. The molecule has 2 unspecified atom stereocenters. The molecule has 0 spiro atoms. The predicted molar refractivity (Wildman–Crippen MR) is 48.1 cm³/mol. The van der Waals surface area contributed by atoms with Crippen LogP contribution in [-0.4, -0.2) is 23.3 Å². The van der Waals surface area contributed by atoms with Gasteiger partial charge in [0.2, 0.25) is 0 Å². The maximum absolute atomic E-state index is 10.8. The van der Waals surface area contributed by atoms with Crippen molar-refractivity contribution in [3.63, 3.8) is 0 Å². The lowest BCUT2D eigenvalue weighted by molar-refractivity contribution is -0.125. The van der Waals surface area contributed by atoms with E-state index in [4.69, 9.17) is 0 Å². The third kappa shape index (κ3) is 1.80. The summed E-state index contributed by atoms with van der Waals surface area (Å²) in [5, 5.41) is 9.32. The largest absolute Gasteiger partial charge is 0.385 e. The highest BCUT2D eigenvalue weighted by atomic mass is 16.3. The molecule has 1 rings (SSSR count). The van der Waals surface area contributed by atoms with Crippen LogP contribution in [0, 0.1) is 17.3 Å². The second-order valence-corrected chi connectivity index (χ2v) is 4.45. The van der Waals surface area contributed by atoms with Gasteiger partial charge in [0.05, 0.1) is 0 Å². The molecule has 0 heterocycles. The molecule has 1 aliphatic rings. The van der Waals surface area contributed by atoms with Gasteiger partial charge < -0.3 is 9.90 Å². The van der Waals surface area contributed by atoms with Crippen LogP contribution in [0.2, 0.25) is 0 Å². The highest BCUT2D eigenvalue weighted by Gasteiger charge is 2.57. The average molecular weight is 184 g/mol. The van der Waals surface area contributed by atoms with E-state index in [1.165, 1.54) is 6.92 Å². The summed E-state index contributed by atoms with van der Waals surface area (Å²) in [5.41, 5.74) is -0.0296. The molecule has 0 aromatic heterocycles. The minimum absolute atomic E-state index is 0.0153. The molecule has 1 fully saturated rings. The molecule has 0 amide bonds. The maximum atomic E-state index is 10.8. The number of rotatable bonds is 4. The molecule has 0 radical (unpaired) electrons. The van der Waals surface area contributed by atoms with E-state index in [9.17, 15) is 14.7 Å². The van der Waals surface area contributed by atoms with Crippen LogP contribution < -0.4 is 0 Å². The molecule has 0 saturated heterocycles. The number of aliphatic hydroxyl groups is 1. The molecular weight excluding hydrogens is 168 g/mol. The normalized spacial score (nSPS) is 32.3. The first-order chi connectivity index (χ1) is 5.91. The van der Waals surface area contributed by atoms with Gasteiger partial charge in [0.25, 0.3) is 0 Å². The molecule has 3 heteroatoms. The number of Topliss-reactive ketones (excluding diaryl/α,β-unsaturated/α-hetero) is 1. The SMILES string of the molecule is CC(=O)C(O)CC1[C@@H](C=O)C1(C)C. The van der Waals surface area contributed by atoms with Crippen LogP contribution in [0.5, 0.6) is 0 Å². The summed E-state index contributed by atoms with van der Waals surface area (Å²) in [4.78, 5) is 21.4. The Kier molecular flexibility index (Phi) is 2.57. The van der Waals surface area contributed by atoms with E-state index >= 15 is 0 Å². The highest BCUT2D eigenvalue weighted by molar-refractivity contribution is 5.80. The minimum Gasteiger partial charge on any atom is -0.385 e. The first-order valence-electron chi connectivity index (χ1n) is 4.55. The van der Waals surface area contributed by atoms with Gasteiger partial charge in [0.15, 0.2) is 5.78 Å². The summed E-state index contributed by atoms with van der Waals surface area (Å²) < 4.78 is 0. The molecule has 13 heavy (non-hydrogen) atoms. The van der Waals surface area contributed by atoms with Crippen molar-refractivity contribution in [1.29, 1.82) is 0 Å². The van der Waals surface area contributed by atoms with Gasteiger partial charge in [-0.05, 0) is 24.7 Å². The van der Waals surface area contributed by atoms with E-state index in [1.54, 1.807) is 0 Å². The Labute approximate surface area is 78.1 Å². The van der Waals surface area contributed by atoms with Crippen LogP contribution in [0.15, 0.2) is 0 Å². The summed E-state index contributed by atoms with van der Waals surface area (Å²) >= 11 is 0. The molecule has 1 saturated carbocycles. The number of hydrogen-bond acceptors (Lipinski definition) is 3. The van der Waals surface area contributed by atoms with E-state index < -0.39 is 6.10 Å². The predicted octanol–water partition coefficient (Wildman–Crippen LogP) is 0.797. The smallest absolute Gasteiger partial charge is 0.158 e. The van der Waals surface area contributed by atoms with Crippen LogP contribution >= 0.6 is 0 Å². The van der Waals surface area contributed by atoms with Crippen LogP contribution in [0.3, 0.4) is 0 Å². The summed E-state index contributed by atoms with van der Waals surface area (Å²) in [5.74, 6) is -0.0299. The molecule has 0 aromatic carbocycles. The van der Waals surface area contributed by atoms with Crippen LogP contribution in [0.25, 0.3) is 0 Å². The standard InChI is InChI=1S/C10H16O3/c1-6(12)9(13)4-7-8(5-11)10(7,2)3/h5,7-9,13H,4H2,1-3H3/t7?,8-,9?/m1/s1. The van der Waals surface area contributed by atoms with Crippen LogP contribution in [0.1, 0.15) is 27.2 Å². The van der Waals surface area contributed by atoms with Gasteiger partial charge in [-0.3, -0.25) is 4.79 Å². The van der Waals surface area contributed by atoms with Crippen molar-refractivity contribution in [2.75, 3.05) is 0 Å². The summed E-state index contributed by atoms with van der Waals surface area (Å²) in [6.07, 6.45) is 0.456. The third-order valence-corrected chi connectivity index (χ3v) is 3.23. The second-order valence-electron chi connectivity index (χ2n) is 4.45. The van der Waals surface area contributed by atoms with E-state index in [2.05, 4.69) is 0 Å². The molecule has 0 bridgehead atoms. The number of aliphatic hydroxyl groups excluding tert-OH is 1. The van der Waals surface area contributed by atoms with Gasteiger partial charge in [-0.1, -0.05) is 13.8 Å². The van der Waals surface area contributed by atoms with Gasteiger partial charge in [0.1, 0.15) is 12.4 Å². The van der Waals surface area contributed by atoms with Crippen LogP contribution in [-0.2, 0) is 9.59 Å². The first-order valence-corrected chi connectivity index (χ1v) is 4.55. The number of aldehydes is 1. The second kappa shape index (κ2) is 3.22. The monoisotopic (exact) mass is 184 g/mol. The number of carbonyl (C=O) groups is 2. The van der Waals surface area contributed by atoms with Crippen molar-refractivity contribution < 1.29 is 14.7 Å². The number of carbonyl (C=O) groups excluding carboxylic acids is 2. The minimum atomic E-state index is -0.894. The Balaban J connectivity index is 2.49. The summed E-state index contributed by atoms with van der Waals surface area (Å²) in [6.45, 7) is 5.35. The summed E-state index contributed by atoms with van der Waals surface area (Å²) in [7, 11) is 0. The van der Waals surface area contributed by atoms with Crippen molar-refractivity contribution >= 4 is 12.1 Å². The van der Waals surface area contributed by atoms with E-state index in [0.29, 0.717) is 6.42 Å². The molecular formula is C10H16O3. The lowest BCUT2D eigenvalue weighted by Gasteiger charge is -2.06. The fourth-order valence-corrected chi connectivity index (χ4v) is 1.91. The van der Waals surface area contributed by atoms with Crippen LogP contribution in [0.4, 0.5) is 0 Å². The zero-order valence-electron chi connectivity index (χ0n) is 8.28. The van der Waals surface area contributed by atoms with Gasteiger partial charge in [-0.15, -0.1) is 0 Å². The Hall–Kier alpha value is -0.700. The molecule has 0 aromatic rings. The Morgan fingerprint density at radius 2 is 2.15 bits per heavy atom. The Bertz CT molecular complexity index is 232. The maximum Gasteiger partial charge on any atom is 0.158 e. The topological polar surface area (TPSA) is 54.4 Å². The molecule has 74 valence electrons. The van der Waals surface area contributed by atoms with Gasteiger partial charge in [-0.2, -0.15) is 0 Å². The first kappa shape index (κ1) is 10.4. The van der Waals surface area contributed by atoms with Crippen molar-refractivity contribution in [2.24, 2.45) is 17.3 Å². The third-order valence-electron chi connectivity index (χ3n) is 3.23. The van der Waals surface area contributed by atoms with E-state index in [1.807, 2.05) is 13.8 Å².